The van der Waals surface area contributed by atoms with E-state index in [2.05, 4.69) is 21.9 Å². The van der Waals surface area contributed by atoms with Crippen molar-refractivity contribution in [2.24, 2.45) is 0 Å². The molecule has 1 saturated carbocycles. The van der Waals surface area contributed by atoms with E-state index >= 15 is 0 Å². The number of rotatable bonds is 7. The van der Waals surface area contributed by atoms with Crippen LogP contribution in [0.3, 0.4) is 0 Å². The molecule has 1 aromatic rings. The maximum atomic E-state index is 13.0. The molecule has 0 atom stereocenters. The summed E-state index contributed by atoms with van der Waals surface area (Å²) in [6.07, 6.45) is 2.23. The fourth-order valence-electron chi connectivity index (χ4n) is 4.08. The number of carbonyl (C=O) groups is 2. The molecule has 0 bridgehead atoms. The predicted octanol–water partition coefficient (Wildman–Crippen LogP) is 0.654. The van der Waals surface area contributed by atoms with Gasteiger partial charge in [0.15, 0.2) is 0 Å². The van der Waals surface area contributed by atoms with Gasteiger partial charge in [-0.3, -0.25) is 19.4 Å². The highest BCUT2D eigenvalue weighted by atomic mass is 16.5. The normalized spacial score (nSPS) is 21.2. The molecule has 0 radical (unpaired) electrons. The number of ether oxygens (including phenoxy) is 1. The second-order valence-corrected chi connectivity index (χ2v) is 8.28. The highest BCUT2D eigenvalue weighted by Gasteiger charge is 2.33. The first-order chi connectivity index (χ1) is 14.2. The summed E-state index contributed by atoms with van der Waals surface area (Å²) in [5.74, 6) is 0.408. The predicted molar refractivity (Wildman–Crippen MR) is 110 cm³/mol. The SMILES string of the molecule is O=C(CN1CCOCC1)N1CCN(CC(=O)N(Cc2ccccc2)C2CC2)CC1. The van der Waals surface area contributed by atoms with Crippen molar-refractivity contribution in [3.05, 3.63) is 35.9 Å². The number of hydrogen-bond acceptors (Lipinski definition) is 5. The number of morpholine rings is 1. The molecule has 3 fully saturated rings. The van der Waals surface area contributed by atoms with E-state index in [-0.39, 0.29) is 11.8 Å². The lowest BCUT2D eigenvalue weighted by Gasteiger charge is -2.36. The van der Waals surface area contributed by atoms with Gasteiger partial charge in [0.1, 0.15) is 0 Å². The molecule has 3 aliphatic rings. The van der Waals surface area contributed by atoms with Crippen LogP contribution in [-0.4, -0.2) is 103 Å². The molecule has 0 aromatic heterocycles. The fourth-order valence-corrected chi connectivity index (χ4v) is 4.08. The van der Waals surface area contributed by atoms with Gasteiger partial charge in [-0.15, -0.1) is 0 Å². The molecule has 0 unspecified atom stereocenters. The lowest BCUT2D eigenvalue weighted by Crippen LogP contribution is -2.54. The minimum atomic E-state index is 0.196. The van der Waals surface area contributed by atoms with E-state index in [1.54, 1.807) is 0 Å². The molecule has 7 heteroatoms. The van der Waals surface area contributed by atoms with Crippen LogP contribution in [0.5, 0.6) is 0 Å². The van der Waals surface area contributed by atoms with Gasteiger partial charge in [0.2, 0.25) is 11.8 Å². The molecule has 2 amide bonds. The van der Waals surface area contributed by atoms with Crippen LogP contribution >= 0.6 is 0 Å². The Balaban J connectivity index is 1.23. The van der Waals surface area contributed by atoms with E-state index < -0.39 is 0 Å². The van der Waals surface area contributed by atoms with Gasteiger partial charge >= 0.3 is 0 Å². The average Bonchev–Trinajstić information content (AvgIpc) is 3.59. The number of amides is 2. The highest BCUT2D eigenvalue weighted by Crippen LogP contribution is 2.28. The lowest BCUT2D eigenvalue weighted by atomic mass is 10.2. The van der Waals surface area contributed by atoms with Crippen LogP contribution in [0.4, 0.5) is 0 Å². The Morgan fingerprint density at radius 2 is 1.55 bits per heavy atom. The van der Waals surface area contributed by atoms with E-state index in [1.165, 1.54) is 5.56 Å². The molecule has 1 aliphatic carbocycles. The first-order valence-electron chi connectivity index (χ1n) is 10.8. The number of benzene rings is 1. The molecule has 2 heterocycles. The minimum Gasteiger partial charge on any atom is -0.379 e. The third kappa shape index (κ3) is 5.78. The molecule has 1 aromatic carbocycles. The molecule has 158 valence electrons. The number of hydrogen-bond donors (Lipinski definition) is 0. The lowest BCUT2D eigenvalue weighted by molar-refractivity contribution is -0.137. The second-order valence-electron chi connectivity index (χ2n) is 8.28. The van der Waals surface area contributed by atoms with Gasteiger partial charge in [0.05, 0.1) is 26.3 Å². The van der Waals surface area contributed by atoms with Crippen LogP contribution < -0.4 is 0 Å². The number of piperazine rings is 1. The van der Waals surface area contributed by atoms with Gasteiger partial charge in [0, 0.05) is 51.9 Å². The largest absolute Gasteiger partial charge is 0.379 e. The summed E-state index contributed by atoms with van der Waals surface area (Å²) in [4.78, 5) is 33.9. The Bertz CT molecular complexity index is 681. The van der Waals surface area contributed by atoms with Crippen LogP contribution in [0.1, 0.15) is 18.4 Å². The fraction of sp³-hybridized carbons (Fsp3) is 0.636. The Morgan fingerprint density at radius 1 is 0.897 bits per heavy atom. The standard InChI is InChI=1S/C22H32N4O3/c27-21(17-24-12-14-29-15-13-24)25-10-8-23(9-11-25)18-22(28)26(20-6-7-20)16-19-4-2-1-3-5-19/h1-5,20H,6-18H2. The first kappa shape index (κ1) is 20.3. The van der Waals surface area contributed by atoms with E-state index in [9.17, 15) is 9.59 Å². The van der Waals surface area contributed by atoms with Crippen molar-refractivity contribution in [2.75, 3.05) is 65.6 Å². The van der Waals surface area contributed by atoms with E-state index in [0.29, 0.717) is 52.0 Å². The summed E-state index contributed by atoms with van der Waals surface area (Å²) < 4.78 is 5.35. The Labute approximate surface area is 173 Å². The molecule has 0 spiro atoms. The summed E-state index contributed by atoms with van der Waals surface area (Å²) in [5, 5.41) is 0. The second kappa shape index (κ2) is 9.69. The Morgan fingerprint density at radius 3 is 2.21 bits per heavy atom. The number of nitrogens with zero attached hydrogens (tertiary/aromatic N) is 4. The van der Waals surface area contributed by atoms with Gasteiger partial charge in [-0.05, 0) is 18.4 Å². The van der Waals surface area contributed by atoms with E-state index in [1.807, 2.05) is 28.0 Å². The summed E-state index contributed by atoms with van der Waals surface area (Å²) in [6, 6.07) is 10.6. The number of carbonyl (C=O) groups excluding carboxylic acids is 2. The van der Waals surface area contributed by atoms with Gasteiger partial charge in [-0.1, -0.05) is 30.3 Å². The molecule has 7 nitrogen and oxygen atoms in total. The molecule has 0 N–H and O–H groups in total. The minimum absolute atomic E-state index is 0.196. The molecule has 2 saturated heterocycles. The van der Waals surface area contributed by atoms with Crippen molar-refractivity contribution < 1.29 is 14.3 Å². The zero-order valence-electron chi connectivity index (χ0n) is 17.2. The van der Waals surface area contributed by atoms with Crippen molar-refractivity contribution >= 4 is 11.8 Å². The molecule has 2 aliphatic heterocycles. The maximum absolute atomic E-state index is 13.0. The summed E-state index contributed by atoms with van der Waals surface area (Å²) >= 11 is 0. The Kier molecular flexibility index (Phi) is 6.79. The third-order valence-corrected chi connectivity index (χ3v) is 6.05. The first-order valence-corrected chi connectivity index (χ1v) is 10.8. The smallest absolute Gasteiger partial charge is 0.237 e. The van der Waals surface area contributed by atoms with Crippen LogP contribution in [-0.2, 0) is 20.9 Å². The van der Waals surface area contributed by atoms with Crippen LogP contribution in [0.2, 0.25) is 0 Å². The van der Waals surface area contributed by atoms with Gasteiger partial charge < -0.3 is 14.5 Å². The van der Waals surface area contributed by atoms with Crippen molar-refractivity contribution in [3.8, 4) is 0 Å². The van der Waals surface area contributed by atoms with Crippen LogP contribution in [0, 0.1) is 0 Å². The van der Waals surface area contributed by atoms with Crippen molar-refractivity contribution in [3.63, 3.8) is 0 Å². The molecular weight excluding hydrogens is 368 g/mol. The third-order valence-electron chi connectivity index (χ3n) is 6.05. The van der Waals surface area contributed by atoms with E-state index in [4.69, 9.17) is 4.74 Å². The van der Waals surface area contributed by atoms with E-state index in [0.717, 1.165) is 39.0 Å². The Hall–Kier alpha value is -1.96. The molecule has 29 heavy (non-hydrogen) atoms. The van der Waals surface area contributed by atoms with Gasteiger partial charge in [-0.2, -0.15) is 0 Å². The van der Waals surface area contributed by atoms with Crippen molar-refractivity contribution in [1.29, 1.82) is 0 Å². The quantitative estimate of drug-likeness (QED) is 0.673. The summed E-state index contributed by atoms with van der Waals surface area (Å²) in [6.45, 7) is 7.67. The van der Waals surface area contributed by atoms with Crippen molar-refractivity contribution in [1.82, 2.24) is 19.6 Å². The molecule has 4 rings (SSSR count). The maximum Gasteiger partial charge on any atom is 0.237 e. The topological polar surface area (TPSA) is 56.3 Å². The van der Waals surface area contributed by atoms with Crippen molar-refractivity contribution in [2.45, 2.75) is 25.4 Å². The monoisotopic (exact) mass is 400 g/mol. The van der Waals surface area contributed by atoms with Crippen LogP contribution in [0.15, 0.2) is 30.3 Å². The molecular formula is C22H32N4O3. The van der Waals surface area contributed by atoms with Crippen LogP contribution in [0.25, 0.3) is 0 Å². The van der Waals surface area contributed by atoms with Gasteiger partial charge in [0.25, 0.3) is 0 Å². The zero-order chi connectivity index (χ0) is 20.1. The van der Waals surface area contributed by atoms with Gasteiger partial charge in [-0.25, -0.2) is 0 Å². The summed E-state index contributed by atoms with van der Waals surface area (Å²) in [5.41, 5.74) is 1.19. The summed E-state index contributed by atoms with van der Waals surface area (Å²) in [7, 11) is 0. The highest BCUT2D eigenvalue weighted by molar-refractivity contribution is 5.79. The zero-order valence-corrected chi connectivity index (χ0v) is 17.2. The average molecular weight is 401 g/mol.